The molecule has 0 N–H and O–H groups in total. The normalized spacial score (nSPS) is 10.8. The van der Waals surface area contributed by atoms with E-state index in [1.54, 1.807) is 67.8 Å². The second kappa shape index (κ2) is 6.96. The Morgan fingerprint density at radius 1 is 1.00 bits per heavy atom. The number of nitrogens with zero attached hydrogens (tertiary/aromatic N) is 3. The Bertz CT molecular complexity index is 1260. The van der Waals surface area contributed by atoms with Gasteiger partial charge in [0.15, 0.2) is 0 Å². The summed E-state index contributed by atoms with van der Waals surface area (Å²) in [6.07, 6.45) is 0. The Balaban J connectivity index is 2.08. The standard InChI is InChI=1S/C21H15N3O4/c1-28-17-9-5-7-15(13-17)23-20(14-6-4-8-16(12-14)24(26)27)22-19-11-3-2-10-18(19)21(23)25/h2-13H,1H3. The van der Waals surface area contributed by atoms with Gasteiger partial charge >= 0.3 is 0 Å². The van der Waals surface area contributed by atoms with Crippen LogP contribution in [0.1, 0.15) is 0 Å². The zero-order valence-corrected chi connectivity index (χ0v) is 14.9. The number of fused-ring (bicyclic) bond motifs is 1. The van der Waals surface area contributed by atoms with E-state index in [9.17, 15) is 14.9 Å². The number of nitro groups is 1. The van der Waals surface area contributed by atoms with Crippen molar-refractivity contribution in [2.45, 2.75) is 0 Å². The van der Waals surface area contributed by atoms with Crippen LogP contribution in [0.15, 0.2) is 77.6 Å². The molecule has 7 nitrogen and oxygen atoms in total. The van der Waals surface area contributed by atoms with E-state index in [0.717, 1.165) is 0 Å². The number of hydrogen-bond donors (Lipinski definition) is 0. The summed E-state index contributed by atoms with van der Waals surface area (Å²) in [6, 6.07) is 20.1. The molecule has 0 bridgehead atoms. The number of nitro benzene ring substituents is 1. The van der Waals surface area contributed by atoms with Crippen molar-refractivity contribution in [1.29, 1.82) is 0 Å². The van der Waals surface area contributed by atoms with Gasteiger partial charge in [0.2, 0.25) is 0 Å². The molecule has 28 heavy (non-hydrogen) atoms. The molecule has 0 aliphatic rings. The van der Waals surface area contributed by atoms with E-state index >= 15 is 0 Å². The number of benzene rings is 3. The average molecular weight is 373 g/mol. The number of methoxy groups -OCH3 is 1. The Labute approximate surface area is 159 Å². The fourth-order valence-corrected chi connectivity index (χ4v) is 3.07. The molecule has 0 saturated heterocycles. The fraction of sp³-hybridized carbons (Fsp3) is 0.0476. The van der Waals surface area contributed by atoms with Crippen molar-refractivity contribution in [2.24, 2.45) is 0 Å². The molecule has 0 aliphatic heterocycles. The third kappa shape index (κ3) is 2.99. The molecule has 0 aliphatic carbocycles. The smallest absolute Gasteiger partial charge is 0.270 e. The van der Waals surface area contributed by atoms with Crippen LogP contribution >= 0.6 is 0 Å². The molecule has 0 fully saturated rings. The van der Waals surface area contributed by atoms with E-state index in [1.165, 1.54) is 16.7 Å². The molecular weight excluding hydrogens is 358 g/mol. The first kappa shape index (κ1) is 17.4. The van der Waals surface area contributed by atoms with Gasteiger partial charge in [0.1, 0.15) is 11.6 Å². The van der Waals surface area contributed by atoms with Crippen molar-refractivity contribution >= 4 is 16.6 Å². The number of para-hydroxylation sites is 1. The summed E-state index contributed by atoms with van der Waals surface area (Å²) in [6.45, 7) is 0. The minimum absolute atomic E-state index is 0.0721. The molecule has 0 saturated carbocycles. The minimum atomic E-state index is -0.474. The predicted molar refractivity (Wildman–Crippen MR) is 106 cm³/mol. The first-order chi connectivity index (χ1) is 13.6. The van der Waals surface area contributed by atoms with Gasteiger partial charge in [-0.05, 0) is 24.3 Å². The van der Waals surface area contributed by atoms with Gasteiger partial charge in [-0.15, -0.1) is 0 Å². The topological polar surface area (TPSA) is 87.3 Å². The summed E-state index contributed by atoms with van der Waals surface area (Å²) in [7, 11) is 1.54. The quantitative estimate of drug-likeness (QED) is 0.399. The molecular formula is C21H15N3O4. The average Bonchev–Trinajstić information content (AvgIpc) is 2.73. The molecule has 7 heteroatoms. The van der Waals surface area contributed by atoms with Gasteiger partial charge in [-0.2, -0.15) is 0 Å². The van der Waals surface area contributed by atoms with Crippen molar-refractivity contribution < 1.29 is 9.66 Å². The van der Waals surface area contributed by atoms with E-state index in [4.69, 9.17) is 4.74 Å². The Kier molecular flexibility index (Phi) is 4.33. The highest BCUT2D eigenvalue weighted by Crippen LogP contribution is 2.26. The third-order valence-electron chi connectivity index (χ3n) is 4.40. The van der Waals surface area contributed by atoms with Gasteiger partial charge < -0.3 is 4.74 Å². The Hall–Kier alpha value is -4.00. The third-order valence-corrected chi connectivity index (χ3v) is 4.40. The maximum Gasteiger partial charge on any atom is 0.270 e. The van der Waals surface area contributed by atoms with Crippen LogP contribution in [0.4, 0.5) is 5.69 Å². The maximum atomic E-state index is 13.3. The summed E-state index contributed by atoms with van der Waals surface area (Å²) in [4.78, 5) is 28.7. The van der Waals surface area contributed by atoms with Crippen LogP contribution in [0.2, 0.25) is 0 Å². The van der Waals surface area contributed by atoms with E-state index in [-0.39, 0.29) is 11.2 Å². The first-order valence-electron chi connectivity index (χ1n) is 8.49. The first-order valence-corrected chi connectivity index (χ1v) is 8.49. The lowest BCUT2D eigenvalue weighted by Gasteiger charge is -2.14. The Morgan fingerprint density at radius 2 is 1.79 bits per heavy atom. The van der Waals surface area contributed by atoms with Gasteiger partial charge in [0, 0.05) is 23.8 Å². The molecule has 0 spiro atoms. The lowest BCUT2D eigenvalue weighted by atomic mass is 10.1. The SMILES string of the molecule is COc1cccc(-n2c(-c3cccc([N+](=O)[O-])c3)nc3ccccc3c2=O)c1. The van der Waals surface area contributed by atoms with Gasteiger partial charge in [-0.1, -0.05) is 30.3 Å². The molecule has 0 unspecified atom stereocenters. The van der Waals surface area contributed by atoms with Crippen LogP contribution in [0, 0.1) is 10.1 Å². The summed E-state index contributed by atoms with van der Waals surface area (Å²) < 4.78 is 6.72. The summed E-state index contributed by atoms with van der Waals surface area (Å²) in [5.41, 5.74) is 1.22. The number of non-ortho nitro benzene ring substituents is 1. The summed E-state index contributed by atoms with van der Waals surface area (Å²) in [5.74, 6) is 0.906. The molecule has 4 rings (SSSR count). The molecule has 4 aromatic rings. The highest BCUT2D eigenvalue weighted by Gasteiger charge is 2.17. The molecule has 1 heterocycles. The highest BCUT2D eigenvalue weighted by molar-refractivity contribution is 5.80. The second-order valence-corrected chi connectivity index (χ2v) is 6.10. The highest BCUT2D eigenvalue weighted by atomic mass is 16.6. The van der Waals surface area contributed by atoms with Crippen LogP contribution in [-0.2, 0) is 0 Å². The van der Waals surface area contributed by atoms with Gasteiger partial charge in [-0.3, -0.25) is 19.5 Å². The van der Waals surface area contributed by atoms with E-state index in [1.807, 2.05) is 0 Å². The van der Waals surface area contributed by atoms with Crippen LogP contribution < -0.4 is 10.3 Å². The number of rotatable bonds is 4. The van der Waals surface area contributed by atoms with Crippen LogP contribution in [0.3, 0.4) is 0 Å². The second-order valence-electron chi connectivity index (χ2n) is 6.10. The molecule has 0 radical (unpaired) electrons. The van der Waals surface area contributed by atoms with Gasteiger partial charge in [-0.25, -0.2) is 4.98 Å². The van der Waals surface area contributed by atoms with Crippen LogP contribution in [0.5, 0.6) is 5.75 Å². The number of hydrogen-bond acceptors (Lipinski definition) is 5. The van der Waals surface area contributed by atoms with E-state index < -0.39 is 4.92 Å². The van der Waals surface area contributed by atoms with Crippen LogP contribution in [0.25, 0.3) is 28.0 Å². The summed E-state index contributed by atoms with van der Waals surface area (Å²) >= 11 is 0. The van der Waals surface area contributed by atoms with Crippen LogP contribution in [-0.4, -0.2) is 21.6 Å². The number of ether oxygens (including phenoxy) is 1. The molecule has 1 aromatic heterocycles. The van der Waals surface area contributed by atoms with Crippen molar-refractivity contribution in [3.8, 4) is 22.8 Å². The lowest BCUT2D eigenvalue weighted by molar-refractivity contribution is -0.384. The van der Waals surface area contributed by atoms with E-state index in [2.05, 4.69) is 4.98 Å². The van der Waals surface area contributed by atoms with Crippen molar-refractivity contribution in [3.63, 3.8) is 0 Å². The fourth-order valence-electron chi connectivity index (χ4n) is 3.07. The maximum absolute atomic E-state index is 13.3. The largest absolute Gasteiger partial charge is 0.497 e. The lowest BCUT2D eigenvalue weighted by Crippen LogP contribution is -2.22. The van der Waals surface area contributed by atoms with Gasteiger partial charge in [0.25, 0.3) is 11.2 Å². The monoisotopic (exact) mass is 373 g/mol. The minimum Gasteiger partial charge on any atom is -0.497 e. The molecule has 138 valence electrons. The van der Waals surface area contributed by atoms with Crippen molar-refractivity contribution in [2.75, 3.05) is 7.11 Å². The zero-order valence-electron chi connectivity index (χ0n) is 14.9. The molecule has 0 amide bonds. The van der Waals surface area contributed by atoms with Crippen molar-refractivity contribution in [3.05, 3.63) is 93.3 Å². The van der Waals surface area contributed by atoms with Crippen molar-refractivity contribution in [1.82, 2.24) is 9.55 Å². The number of aromatic nitrogens is 2. The zero-order chi connectivity index (χ0) is 19.7. The summed E-state index contributed by atoms with van der Waals surface area (Å²) in [5, 5.41) is 11.7. The predicted octanol–water partition coefficient (Wildman–Crippen LogP) is 3.97. The Morgan fingerprint density at radius 3 is 2.57 bits per heavy atom. The van der Waals surface area contributed by atoms with Gasteiger partial charge in [0.05, 0.1) is 28.6 Å². The van der Waals surface area contributed by atoms with E-state index in [0.29, 0.717) is 33.7 Å². The molecule has 0 atom stereocenters. The molecule has 3 aromatic carbocycles.